The first-order valence-electron chi connectivity index (χ1n) is 8.19. The molecule has 0 radical (unpaired) electrons. The van der Waals surface area contributed by atoms with Crippen molar-refractivity contribution in [2.45, 2.75) is 63.5 Å². The summed E-state index contributed by atoms with van der Waals surface area (Å²) < 4.78 is 0. The summed E-state index contributed by atoms with van der Waals surface area (Å²) >= 11 is 0. The van der Waals surface area contributed by atoms with Gasteiger partial charge in [0.1, 0.15) is 0 Å². The van der Waals surface area contributed by atoms with Gasteiger partial charge in [-0.2, -0.15) is 0 Å². The van der Waals surface area contributed by atoms with E-state index in [-0.39, 0.29) is 0 Å². The molecule has 0 spiro atoms. The highest BCUT2D eigenvalue weighted by Gasteiger charge is 2.39. The SMILES string of the molecule is CC1CCCC(CN)(N2CCCC(N(C)C)C2)CC1. The predicted molar refractivity (Wildman–Crippen MR) is 82.3 cm³/mol. The summed E-state index contributed by atoms with van der Waals surface area (Å²) in [6.07, 6.45) is 9.42. The van der Waals surface area contributed by atoms with Crippen molar-refractivity contribution >= 4 is 0 Å². The topological polar surface area (TPSA) is 32.5 Å². The predicted octanol–water partition coefficient (Wildman–Crippen LogP) is 2.31. The van der Waals surface area contributed by atoms with Crippen molar-refractivity contribution in [2.24, 2.45) is 11.7 Å². The molecule has 1 heterocycles. The van der Waals surface area contributed by atoms with Gasteiger partial charge < -0.3 is 10.6 Å². The largest absolute Gasteiger partial charge is 0.329 e. The Balaban J connectivity index is 2.06. The van der Waals surface area contributed by atoms with E-state index in [1.54, 1.807) is 0 Å². The average molecular weight is 267 g/mol. The van der Waals surface area contributed by atoms with Gasteiger partial charge in [-0.3, -0.25) is 4.90 Å². The second-order valence-corrected chi connectivity index (χ2v) is 7.17. The van der Waals surface area contributed by atoms with E-state index in [9.17, 15) is 0 Å². The van der Waals surface area contributed by atoms with Crippen molar-refractivity contribution in [2.75, 3.05) is 33.7 Å². The van der Waals surface area contributed by atoms with Gasteiger partial charge in [0.05, 0.1) is 0 Å². The summed E-state index contributed by atoms with van der Waals surface area (Å²) in [5.74, 6) is 0.892. The molecular formula is C16H33N3. The first kappa shape index (κ1) is 15.3. The maximum absolute atomic E-state index is 6.25. The van der Waals surface area contributed by atoms with Gasteiger partial charge >= 0.3 is 0 Å². The van der Waals surface area contributed by atoms with E-state index in [4.69, 9.17) is 5.73 Å². The van der Waals surface area contributed by atoms with Gasteiger partial charge in [0.15, 0.2) is 0 Å². The van der Waals surface area contributed by atoms with E-state index >= 15 is 0 Å². The van der Waals surface area contributed by atoms with E-state index in [1.165, 1.54) is 58.0 Å². The van der Waals surface area contributed by atoms with Crippen LogP contribution in [0.2, 0.25) is 0 Å². The molecule has 0 aromatic carbocycles. The zero-order valence-electron chi connectivity index (χ0n) is 13.2. The molecule has 2 rings (SSSR count). The summed E-state index contributed by atoms with van der Waals surface area (Å²) in [7, 11) is 4.44. The Morgan fingerprint density at radius 1 is 1.16 bits per heavy atom. The maximum atomic E-state index is 6.25. The molecule has 1 aliphatic heterocycles. The number of likely N-dealkylation sites (tertiary alicyclic amines) is 1. The number of nitrogens with zero attached hydrogens (tertiary/aromatic N) is 2. The second-order valence-electron chi connectivity index (χ2n) is 7.17. The van der Waals surface area contributed by atoms with Crippen LogP contribution in [0.15, 0.2) is 0 Å². The van der Waals surface area contributed by atoms with Crippen LogP contribution in [-0.4, -0.2) is 55.1 Å². The number of hydrogen-bond acceptors (Lipinski definition) is 3. The summed E-state index contributed by atoms with van der Waals surface area (Å²) in [5.41, 5.74) is 6.56. The Morgan fingerprint density at radius 2 is 1.95 bits per heavy atom. The van der Waals surface area contributed by atoms with Gasteiger partial charge in [0, 0.05) is 24.7 Å². The molecule has 3 atom stereocenters. The van der Waals surface area contributed by atoms with Crippen LogP contribution >= 0.6 is 0 Å². The van der Waals surface area contributed by atoms with E-state index in [0.717, 1.165) is 18.5 Å². The van der Waals surface area contributed by atoms with Crippen LogP contribution in [0.3, 0.4) is 0 Å². The Kier molecular flexibility index (Phi) is 5.27. The molecule has 1 saturated heterocycles. The number of piperidine rings is 1. The number of hydrogen-bond donors (Lipinski definition) is 1. The third kappa shape index (κ3) is 3.50. The van der Waals surface area contributed by atoms with Gasteiger partial charge in [-0.05, 0) is 58.7 Å². The molecule has 2 fully saturated rings. The lowest BCUT2D eigenvalue weighted by molar-refractivity contribution is 0.0245. The fourth-order valence-electron chi connectivity index (χ4n) is 4.02. The molecule has 3 nitrogen and oxygen atoms in total. The highest BCUT2D eigenvalue weighted by atomic mass is 15.3. The van der Waals surface area contributed by atoms with Crippen LogP contribution in [-0.2, 0) is 0 Å². The van der Waals surface area contributed by atoms with E-state index in [1.807, 2.05) is 0 Å². The van der Waals surface area contributed by atoms with Gasteiger partial charge in [0.25, 0.3) is 0 Å². The van der Waals surface area contributed by atoms with Crippen LogP contribution < -0.4 is 5.73 Å². The fourth-order valence-corrected chi connectivity index (χ4v) is 4.02. The minimum Gasteiger partial charge on any atom is -0.329 e. The van der Waals surface area contributed by atoms with Crippen molar-refractivity contribution in [3.63, 3.8) is 0 Å². The molecule has 1 saturated carbocycles. The van der Waals surface area contributed by atoms with E-state index in [2.05, 4.69) is 30.8 Å². The Bertz CT molecular complexity index is 279. The van der Waals surface area contributed by atoms with Crippen LogP contribution in [0.1, 0.15) is 51.9 Å². The molecule has 0 bridgehead atoms. The third-order valence-electron chi connectivity index (χ3n) is 5.62. The summed E-state index contributed by atoms with van der Waals surface area (Å²) in [6, 6.07) is 0.720. The van der Waals surface area contributed by atoms with Crippen LogP contribution in [0.5, 0.6) is 0 Å². The maximum Gasteiger partial charge on any atom is 0.0332 e. The quantitative estimate of drug-likeness (QED) is 0.797. The summed E-state index contributed by atoms with van der Waals surface area (Å²) in [5, 5.41) is 0. The zero-order valence-corrected chi connectivity index (χ0v) is 13.2. The van der Waals surface area contributed by atoms with Crippen molar-refractivity contribution in [3.8, 4) is 0 Å². The minimum absolute atomic E-state index is 0.305. The van der Waals surface area contributed by atoms with E-state index in [0.29, 0.717) is 5.54 Å². The second kappa shape index (κ2) is 6.55. The van der Waals surface area contributed by atoms with Crippen molar-refractivity contribution in [1.29, 1.82) is 0 Å². The molecule has 2 aliphatic rings. The van der Waals surface area contributed by atoms with Crippen LogP contribution in [0.4, 0.5) is 0 Å². The monoisotopic (exact) mass is 267 g/mol. The molecule has 112 valence electrons. The molecule has 19 heavy (non-hydrogen) atoms. The average Bonchev–Trinajstić information content (AvgIpc) is 2.61. The summed E-state index contributed by atoms with van der Waals surface area (Å²) in [6.45, 7) is 5.74. The Morgan fingerprint density at radius 3 is 2.63 bits per heavy atom. The lowest BCUT2D eigenvalue weighted by Gasteiger charge is -2.48. The van der Waals surface area contributed by atoms with Gasteiger partial charge in [-0.1, -0.05) is 19.8 Å². The third-order valence-corrected chi connectivity index (χ3v) is 5.62. The van der Waals surface area contributed by atoms with Crippen LogP contribution in [0.25, 0.3) is 0 Å². The molecule has 0 aromatic rings. The minimum atomic E-state index is 0.305. The van der Waals surface area contributed by atoms with Crippen molar-refractivity contribution in [3.05, 3.63) is 0 Å². The van der Waals surface area contributed by atoms with Crippen LogP contribution in [0, 0.1) is 5.92 Å². The van der Waals surface area contributed by atoms with Crippen molar-refractivity contribution in [1.82, 2.24) is 9.80 Å². The molecular weight excluding hydrogens is 234 g/mol. The first-order valence-corrected chi connectivity index (χ1v) is 8.19. The van der Waals surface area contributed by atoms with E-state index < -0.39 is 0 Å². The number of rotatable bonds is 3. The van der Waals surface area contributed by atoms with Gasteiger partial charge in [-0.25, -0.2) is 0 Å². The molecule has 0 amide bonds. The zero-order chi connectivity index (χ0) is 13.9. The molecule has 0 aromatic heterocycles. The first-order chi connectivity index (χ1) is 9.07. The molecule has 3 heteroatoms. The normalized spacial score (nSPS) is 38.4. The van der Waals surface area contributed by atoms with Gasteiger partial charge in [-0.15, -0.1) is 0 Å². The van der Waals surface area contributed by atoms with Gasteiger partial charge in [0.2, 0.25) is 0 Å². The lowest BCUT2D eigenvalue weighted by Crippen LogP contribution is -2.59. The number of nitrogens with two attached hydrogens (primary N) is 1. The van der Waals surface area contributed by atoms with Crippen molar-refractivity contribution < 1.29 is 0 Å². The Labute approximate surface area is 119 Å². The molecule has 1 aliphatic carbocycles. The Hall–Kier alpha value is -0.120. The lowest BCUT2D eigenvalue weighted by atomic mass is 9.85. The standard InChI is InChI=1S/C16H33N3/c1-14-6-4-9-16(13-17,10-8-14)19-11-5-7-15(12-19)18(2)3/h14-15H,4-13,17H2,1-3H3. The highest BCUT2D eigenvalue weighted by Crippen LogP contribution is 2.36. The number of likely N-dealkylation sites (N-methyl/N-ethyl adjacent to an activating group) is 1. The fraction of sp³-hybridized carbons (Fsp3) is 1.00. The summed E-state index contributed by atoms with van der Waals surface area (Å²) in [4.78, 5) is 5.15. The molecule has 2 N–H and O–H groups in total. The smallest absolute Gasteiger partial charge is 0.0332 e. The molecule has 3 unspecified atom stereocenters. The highest BCUT2D eigenvalue weighted by molar-refractivity contribution is 4.97.